The van der Waals surface area contributed by atoms with E-state index in [2.05, 4.69) is 4.72 Å². The van der Waals surface area contributed by atoms with Crippen LogP contribution < -0.4 is 4.72 Å². The molecule has 0 fully saturated rings. The van der Waals surface area contributed by atoms with Crippen molar-refractivity contribution in [2.45, 2.75) is 18.1 Å². The van der Waals surface area contributed by atoms with Crippen LogP contribution in [-0.4, -0.2) is 26.7 Å². The van der Waals surface area contributed by atoms with Gasteiger partial charge in [-0.25, -0.2) is 17.5 Å². The van der Waals surface area contributed by atoms with Gasteiger partial charge < -0.3 is 5.11 Å². The number of benzene rings is 2. The minimum absolute atomic E-state index is 0.0226. The van der Waals surface area contributed by atoms with Gasteiger partial charge in [-0.1, -0.05) is 42.5 Å². The molecule has 2 N–H and O–H groups in total. The lowest BCUT2D eigenvalue weighted by molar-refractivity contribution is 0.275. The van der Waals surface area contributed by atoms with E-state index in [-0.39, 0.29) is 24.8 Å². The van der Waals surface area contributed by atoms with Gasteiger partial charge in [0.1, 0.15) is 5.82 Å². The summed E-state index contributed by atoms with van der Waals surface area (Å²) in [5, 5.41) is 9.17. The van der Waals surface area contributed by atoms with Crippen LogP contribution in [0, 0.1) is 5.82 Å². The number of aliphatic hydroxyl groups excluding tert-OH is 1. The second kappa shape index (κ2) is 8.19. The first kappa shape index (κ1) is 17.6. The van der Waals surface area contributed by atoms with Gasteiger partial charge in [-0.2, -0.15) is 0 Å². The zero-order valence-corrected chi connectivity index (χ0v) is 13.5. The number of rotatable bonds is 8. The van der Waals surface area contributed by atoms with Crippen LogP contribution in [0.25, 0.3) is 0 Å². The van der Waals surface area contributed by atoms with Gasteiger partial charge in [0, 0.05) is 13.2 Å². The molecule has 0 aliphatic heterocycles. The van der Waals surface area contributed by atoms with Gasteiger partial charge in [-0.3, -0.25) is 0 Å². The summed E-state index contributed by atoms with van der Waals surface area (Å²) < 4.78 is 40.0. The zero-order valence-electron chi connectivity index (χ0n) is 12.7. The lowest BCUT2D eigenvalue weighted by Gasteiger charge is -2.17. The van der Waals surface area contributed by atoms with Crippen LogP contribution in [0.4, 0.5) is 4.39 Å². The van der Waals surface area contributed by atoms with Crippen LogP contribution in [0.1, 0.15) is 23.5 Å². The molecule has 0 radical (unpaired) electrons. The Morgan fingerprint density at radius 2 is 1.83 bits per heavy atom. The maximum Gasteiger partial charge on any atom is 0.215 e. The number of hydrogen-bond acceptors (Lipinski definition) is 3. The molecule has 0 aliphatic carbocycles. The molecule has 2 aromatic carbocycles. The fraction of sp³-hybridized carbons (Fsp3) is 0.294. The first-order valence-electron chi connectivity index (χ1n) is 7.38. The quantitative estimate of drug-likeness (QED) is 0.777. The number of aliphatic hydroxyl groups is 1. The molecule has 0 heterocycles. The third-order valence-electron chi connectivity index (χ3n) is 3.54. The fourth-order valence-corrected chi connectivity index (χ4v) is 3.57. The first-order chi connectivity index (χ1) is 11.0. The number of hydrogen-bond donors (Lipinski definition) is 2. The molecule has 1 unspecified atom stereocenters. The standard InChI is InChI=1S/C17H20FNO3S/c18-17-8-4-5-14(11-17)13-23(21,22)19-12-16(9-10-20)15-6-2-1-3-7-15/h1-8,11,16,19-20H,9-10,12-13H2. The molecule has 0 amide bonds. The molecule has 6 heteroatoms. The summed E-state index contributed by atoms with van der Waals surface area (Å²) in [7, 11) is -3.57. The second-order valence-electron chi connectivity index (χ2n) is 5.36. The highest BCUT2D eigenvalue weighted by Crippen LogP contribution is 2.19. The normalized spacial score (nSPS) is 13.0. The average molecular weight is 337 g/mol. The molecule has 2 aromatic rings. The van der Waals surface area contributed by atoms with Crippen molar-refractivity contribution < 1.29 is 17.9 Å². The van der Waals surface area contributed by atoms with Crippen molar-refractivity contribution in [1.82, 2.24) is 4.72 Å². The van der Waals surface area contributed by atoms with Crippen molar-refractivity contribution in [3.8, 4) is 0 Å². The molecule has 4 nitrogen and oxygen atoms in total. The van der Waals surface area contributed by atoms with E-state index in [1.54, 1.807) is 6.07 Å². The molecule has 124 valence electrons. The van der Waals surface area contributed by atoms with E-state index in [1.165, 1.54) is 18.2 Å². The van der Waals surface area contributed by atoms with Gasteiger partial charge in [0.05, 0.1) is 5.75 Å². The average Bonchev–Trinajstić information content (AvgIpc) is 2.52. The first-order valence-corrected chi connectivity index (χ1v) is 9.03. The Morgan fingerprint density at radius 1 is 1.09 bits per heavy atom. The SMILES string of the molecule is O=S(=O)(Cc1cccc(F)c1)NCC(CCO)c1ccccc1. The van der Waals surface area contributed by atoms with Crippen molar-refractivity contribution in [3.63, 3.8) is 0 Å². The molecule has 0 saturated carbocycles. The molecule has 23 heavy (non-hydrogen) atoms. The van der Waals surface area contributed by atoms with Crippen molar-refractivity contribution >= 4 is 10.0 Å². The summed E-state index contributed by atoms with van der Waals surface area (Å²) in [4.78, 5) is 0. The molecule has 1 atom stereocenters. The van der Waals surface area contributed by atoms with Gasteiger partial charge in [-0.05, 0) is 35.6 Å². The summed E-state index contributed by atoms with van der Waals surface area (Å²) in [6.45, 7) is 0.174. The summed E-state index contributed by atoms with van der Waals surface area (Å²) in [5.41, 5.74) is 1.37. The third kappa shape index (κ3) is 5.74. The summed E-state index contributed by atoms with van der Waals surface area (Å²) in [5.74, 6) is -0.839. The molecular formula is C17H20FNO3S. The van der Waals surface area contributed by atoms with Crippen LogP contribution in [0.3, 0.4) is 0 Å². The van der Waals surface area contributed by atoms with Crippen molar-refractivity contribution in [3.05, 3.63) is 71.5 Å². The van der Waals surface area contributed by atoms with E-state index in [4.69, 9.17) is 0 Å². The Hall–Kier alpha value is -1.76. The Labute approximate surface area is 136 Å². The highest BCUT2D eigenvalue weighted by molar-refractivity contribution is 7.88. The van der Waals surface area contributed by atoms with Gasteiger partial charge >= 0.3 is 0 Å². The Kier molecular flexibility index (Phi) is 6.27. The highest BCUT2D eigenvalue weighted by atomic mass is 32.2. The molecule has 0 spiro atoms. The Balaban J connectivity index is 2.01. The lowest BCUT2D eigenvalue weighted by Crippen LogP contribution is -2.30. The number of nitrogens with one attached hydrogen (secondary N) is 1. The van der Waals surface area contributed by atoms with E-state index in [1.807, 2.05) is 30.3 Å². The van der Waals surface area contributed by atoms with Crippen molar-refractivity contribution in [2.24, 2.45) is 0 Å². The van der Waals surface area contributed by atoms with Gasteiger partial charge in [-0.15, -0.1) is 0 Å². The molecular weight excluding hydrogens is 317 g/mol. The van der Waals surface area contributed by atoms with Crippen LogP contribution in [-0.2, 0) is 15.8 Å². The second-order valence-corrected chi connectivity index (χ2v) is 7.16. The van der Waals surface area contributed by atoms with E-state index >= 15 is 0 Å². The minimum Gasteiger partial charge on any atom is -0.396 e. The Morgan fingerprint density at radius 3 is 2.48 bits per heavy atom. The number of halogens is 1. The third-order valence-corrected chi connectivity index (χ3v) is 4.86. The maximum atomic E-state index is 13.1. The van der Waals surface area contributed by atoms with Crippen LogP contribution in [0.15, 0.2) is 54.6 Å². The smallest absolute Gasteiger partial charge is 0.215 e. The topological polar surface area (TPSA) is 66.4 Å². The van der Waals surface area contributed by atoms with E-state index in [0.29, 0.717) is 12.0 Å². The van der Waals surface area contributed by atoms with Gasteiger partial charge in [0.25, 0.3) is 0 Å². The maximum absolute atomic E-state index is 13.1. The van der Waals surface area contributed by atoms with Crippen LogP contribution >= 0.6 is 0 Å². The highest BCUT2D eigenvalue weighted by Gasteiger charge is 2.17. The van der Waals surface area contributed by atoms with Gasteiger partial charge in [0.2, 0.25) is 10.0 Å². The van der Waals surface area contributed by atoms with E-state index in [0.717, 1.165) is 5.56 Å². The molecule has 0 saturated heterocycles. The largest absolute Gasteiger partial charge is 0.396 e. The fourth-order valence-electron chi connectivity index (χ4n) is 2.39. The lowest BCUT2D eigenvalue weighted by atomic mass is 9.96. The predicted molar refractivity (Wildman–Crippen MR) is 87.9 cm³/mol. The summed E-state index contributed by atoms with van der Waals surface area (Å²) >= 11 is 0. The molecule has 0 bridgehead atoms. The van der Waals surface area contributed by atoms with E-state index in [9.17, 15) is 17.9 Å². The molecule has 0 aromatic heterocycles. The van der Waals surface area contributed by atoms with Crippen LogP contribution in [0.5, 0.6) is 0 Å². The van der Waals surface area contributed by atoms with Gasteiger partial charge in [0.15, 0.2) is 0 Å². The monoisotopic (exact) mass is 337 g/mol. The van der Waals surface area contributed by atoms with Crippen molar-refractivity contribution in [1.29, 1.82) is 0 Å². The summed E-state index contributed by atoms with van der Waals surface area (Å²) in [6, 6.07) is 15.0. The molecule has 2 rings (SSSR count). The summed E-state index contributed by atoms with van der Waals surface area (Å²) in [6.07, 6.45) is 0.465. The Bertz CT molecular complexity index is 720. The molecule has 0 aliphatic rings. The zero-order chi connectivity index (χ0) is 16.7. The predicted octanol–water partition coefficient (Wildman–Crippen LogP) is 2.41. The minimum atomic E-state index is -3.57. The van der Waals surface area contributed by atoms with Crippen LogP contribution in [0.2, 0.25) is 0 Å². The van der Waals surface area contributed by atoms with Crippen molar-refractivity contribution in [2.75, 3.05) is 13.2 Å². The van der Waals surface area contributed by atoms with E-state index < -0.39 is 15.8 Å². The number of sulfonamides is 1.